The maximum absolute atomic E-state index is 12.1. The summed E-state index contributed by atoms with van der Waals surface area (Å²) >= 11 is 0. The summed E-state index contributed by atoms with van der Waals surface area (Å²) < 4.78 is 5.66. The zero-order valence-electron chi connectivity index (χ0n) is 10.8. The summed E-state index contributed by atoms with van der Waals surface area (Å²) in [6.45, 7) is 3.24. The van der Waals surface area contributed by atoms with Crippen LogP contribution in [0.25, 0.3) is 0 Å². The third-order valence-corrected chi connectivity index (χ3v) is 4.40. The van der Waals surface area contributed by atoms with Gasteiger partial charge in [-0.25, -0.2) is 0 Å². The van der Waals surface area contributed by atoms with Crippen LogP contribution in [0.4, 0.5) is 0 Å². The second-order valence-electron chi connectivity index (χ2n) is 5.06. The molecule has 5 heteroatoms. The molecule has 0 aromatic heterocycles. The van der Waals surface area contributed by atoms with E-state index in [1.165, 1.54) is 11.8 Å². The average Bonchev–Trinajstić information content (AvgIpc) is 2.34. The molecule has 2 aliphatic rings. The maximum Gasteiger partial charge on any atom is 0.225 e. The summed E-state index contributed by atoms with van der Waals surface area (Å²) in [5.74, 6) is 0.113. The van der Waals surface area contributed by atoms with Gasteiger partial charge < -0.3 is 9.64 Å². The van der Waals surface area contributed by atoms with E-state index in [1.54, 1.807) is 20.0 Å². The Labute approximate surface area is 106 Å². The zero-order valence-corrected chi connectivity index (χ0v) is 10.8. The average molecular weight is 248 g/mol. The molecule has 1 saturated heterocycles. The minimum absolute atomic E-state index is 0.00223. The molecule has 1 amide bonds. The Balaban J connectivity index is 2.55. The van der Waals surface area contributed by atoms with Crippen molar-refractivity contribution in [3.63, 3.8) is 0 Å². The quantitative estimate of drug-likeness (QED) is 0.702. The molecular formula is C13H16N2O3. The molecule has 0 spiro atoms. The Hall–Kier alpha value is -1.83. The normalized spacial score (nSPS) is 35.1. The number of fused-ring (bicyclic) bond motifs is 1. The fourth-order valence-electron chi connectivity index (χ4n) is 2.97. The smallest absolute Gasteiger partial charge is 0.225 e. The first-order chi connectivity index (χ1) is 8.37. The van der Waals surface area contributed by atoms with Crippen molar-refractivity contribution in [1.82, 2.24) is 4.90 Å². The van der Waals surface area contributed by atoms with Crippen LogP contribution in [0.5, 0.6) is 0 Å². The molecule has 1 fully saturated rings. The van der Waals surface area contributed by atoms with E-state index in [-0.39, 0.29) is 17.4 Å². The predicted octanol–water partition coefficient (Wildman–Crippen LogP) is 1.36. The maximum atomic E-state index is 12.1. The number of amides is 1. The van der Waals surface area contributed by atoms with Crippen LogP contribution in [0, 0.1) is 16.7 Å². The minimum atomic E-state index is -1.06. The highest BCUT2D eigenvalue weighted by Gasteiger charge is 2.61. The summed E-state index contributed by atoms with van der Waals surface area (Å²) in [5, 5.41) is 8.94. The van der Waals surface area contributed by atoms with Crippen LogP contribution < -0.4 is 0 Å². The number of carbonyl (C=O) groups excluding carboxylic acids is 2. The van der Waals surface area contributed by atoms with E-state index in [0.717, 1.165) is 0 Å². The van der Waals surface area contributed by atoms with Crippen LogP contribution in [-0.2, 0) is 14.3 Å². The first-order valence-electron chi connectivity index (χ1n) is 5.94. The van der Waals surface area contributed by atoms with Gasteiger partial charge in [-0.05, 0) is 32.8 Å². The van der Waals surface area contributed by atoms with E-state index in [1.807, 2.05) is 6.07 Å². The molecule has 0 N–H and O–H groups in total. The van der Waals surface area contributed by atoms with Gasteiger partial charge in [-0.1, -0.05) is 0 Å². The fourth-order valence-corrected chi connectivity index (χ4v) is 2.97. The Morgan fingerprint density at radius 1 is 1.61 bits per heavy atom. The Morgan fingerprint density at radius 3 is 2.83 bits per heavy atom. The van der Waals surface area contributed by atoms with Crippen molar-refractivity contribution in [2.24, 2.45) is 5.41 Å². The first-order valence-corrected chi connectivity index (χ1v) is 5.94. The van der Waals surface area contributed by atoms with E-state index in [4.69, 9.17) is 10.00 Å². The largest absolute Gasteiger partial charge is 0.457 e. The Kier molecular flexibility index (Phi) is 2.69. The summed E-state index contributed by atoms with van der Waals surface area (Å²) in [6, 6.07) is 1.94. The highest BCUT2D eigenvalue weighted by atomic mass is 16.5. The predicted molar refractivity (Wildman–Crippen MR) is 62.9 cm³/mol. The van der Waals surface area contributed by atoms with Crippen molar-refractivity contribution in [3.05, 3.63) is 11.8 Å². The van der Waals surface area contributed by atoms with Crippen molar-refractivity contribution in [3.8, 4) is 6.07 Å². The standard InChI is InChI=1S/C13H16N2O3/c1-9(16)13-6-4-10(8-14)18-12(13,2)15(3)11(17)5-7-13/h4H,5-7H2,1-3H3/t12-,13-/m1/s1. The number of allylic oxidation sites excluding steroid dienone is 2. The van der Waals surface area contributed by atoms with Gasteiger partial charge >= 0.3 is 0 Å². The van der Waals surface area contributed by atoms with E-state index < -0.39 is 11.1 Å². The molecule has 0 radical (unpaired) electrons. The minimum Gasteiger partial charge on any atom is -0.457 e. The van der Waals surface area contributed by atoms with Gasteiger partial charge in [0.1, 0.15) is 11.9 Å². The van der Waals surface area contributed by atoms with Crippen LogP contribution >= 0.6 is 0 Å². The molecule has 2 atom stereocenters. The number of ketones is 1. The van der Waals surface area contributed by atoms with Crippen molar-refractivity contribution < 1.29 is 14.3 Å². The number of nitriles is 1. The Bertz CT molecular complexity index is 491. The monoisotopic (exact) mass is 248 g/mol. The number of likely N-dealkylation sites (tertiary alicyclic amines) is 1. The molecule has 2 heterocycles. The topological polar surface area (TPSA) is 70.4 Å². The van der Waals surface area contributed by atoms with Crippen LogP contribution in [0.3, 0.4) is 0 Å². The van der Waals surface area contributed by atoms with E-state index in [0.29, 0.717) is 19.3 Å². The molecule has 0 aromatic carbocycles. The number of ether oxygens (including phenoxy) is 1. The number of hydrogen-bond donors (Lipinski definition) is 0. The molecule has 0 bridgehead atoms. The highest BCUT2D eigenvalue weighted by Crippen LogP contribution is 2.51. The lowest BCUT2D eigenvalue weighted by molar-refractivity contribution is -0.214. The summed E-state index contributed by atoms with van der Waals surface area (Å²) in [6.07, 6.45) is 2.90. The van der Waals surface area contributed by atoms with E-state index in [9.17, 15) is 9.59 Å². The number of nitrogens with zero attached hydrogens (tertiary/aromatic N) is 2. The first kappa shape index (κ1) is 12.6. The van der Waals surface area contributed by atoms with E-state index in [2.05, 4.69) is 0 Å². The third kappa shape index (κ3) is 1.38. The molecule has 5 nitrogen and oxygen atoms in total. The van der Waals surface area contributed by atoms with Gasteiger partial charge in [-0.15, -0.1) is 0 Å². The van der Waals surface area contributed by atoms with Crippen molar-refractivity contribution in [2.75, 3.05) is 7.05 Å². The highest BCUT2D eigenvalue weighted by molar-refractivity contribution is 5.88. The molecule has 0 saturated carbocycles. The molecule has 2 rings (SSSR count). The number of Topliss-reactive ketones (excluding diaryl/α,β-unsaturated/α-hetero) is 1. The van der Waals surface area contributed by atoms with Gasteiger partial charge in [0.15, 0.2) is 11.5 Å². The van der Waals surface area contributed by atoms with Gasteiger partial charge in [0.25, 0.3) is 0 Å². The van der Waals surface area contributed by atoms with Crippen molar-refractivity contribution in [1.29, 1.82) is 5.26 Å². The van der Waals surface area contributed by atoms with Crippen LogP contribution in [-0.4, -0.2) is 29.4 Å². The molecule has 96 valence electrons. The number of rotatable bonds is 1. The summed E-state index contributed by atoms with van der Waals surface area (Å²) in [7, 11) is 1.62. The van der Waals surface area contributed by atoms with Gasteiger partial charge in [-0.3, -0.25) is 9.59 Å². The third-order valence-electron chi connectivity index (χ3n) is 4.40. The lowest BCUT2D eigenvalue weighted by Gasteiger charge is -2.55. The Morgan fingerprint density at radius 2 is 2.28 bits per heavy atom. The molecule has 0 unspecified atom stereocenters. The lowest BCUT2D eigenvalue weighted by atomic mass is 9.65. The van der Waals surface area contributed by atoms with Crippen LogP contribution in [0.1, 0.15) is 33.1 Å². The molecule has 18 heavy (non-hydrogen) atoms. The van der Waals surface area contributed by atoms with E-state index >= 15 is 0 Å². The van der Waals surface area contributed by atoms with Crippen LogP contribution in [0.2, 0.25) is 0 Å². The van der Waals surface area contributed by atoms with Crippen molar-refractivity contribution in [2.45, 2.75) is 38.8 Å². The SMILES string of the molecule is CC(=O)[C@]12CC=C(C#N)O[C@@]1(C)N(C)C(=O)CC2. The van der Waals surface area contributed by atoms with Gasteiger partial charge in [0, 0.05) is 13.5 Å². The molecular weight excluding hydrogens is 232 g/mol. The van der Waals surface area contributed by atoms with Gasteiger partial charge in [-0.2, -0.15) is 5.26 Å². The fraction of sp³-hybridized carbons (Fsp3) is 0.615. The number of piperidine rings is 1. The zero-order chi connectivity index (χ0) is 13.6. The summed E-state index contributed by atoms with van der Waals surface area (Å²) in [4.78, 5) is 25.4. The second-order valence-corrected chi connectivity index (χ2v) is 5.06. The lowest BCUT2D eigenvalue weighted by Crippen LogP contribution is -2.66. The second kappa shape index (κ2) is 3.84. The number of carbonyl (C=O) groups is 2. The summed E-state index contributed by atoms with van der Waals surface area (Å²) in [5.41, 5.74) is -1.80. The molecule has 0 aliphatic carbocycles. The van der Waals surface area contributed by atoms with Crippen molar-refractivity contribution >= 4 is 11.7 Å². The molecule has 2 aliphatic heterocycles. The molecule has 0 aromatic rings. The van der Waals surface area contributed by atoms with Crippen LogP contribution in [0.15, 0.2) is 11.8 Å². The van der Waals surface area contributed by atoms with Gasteiger partial charge in [0.05, 0.1) is 5.41 Å². The number of hydrogen-bond acceptors (Lipinski definition) is 4. The van der Waals surface area contributed by atoms with Gasteiger partial charge in [0.2, 0.25) is 5.91 Å².